The molecule has 0 amide bonds. The van der Waals surface area contributed by atoms with Crippen LogP contribution in [0.2, 0.25) is 0 Å². The van der Waals surface area contributed by atoms with Gasteiger partial charge in [-0.05, 0) is 36.9 Å². The zero-order chi connectivity index (χ0) is 10.0. The van der Waals surface area contributed by atoms with Gasteiger partial charge in [-0.15, -0.1) is 5.10 Å². The van der Waals surface area contributed by atoms with Crippen LogP contribution >= 0.6 is 23.6 Å². The lowest BCUT2D eigenvalue weighted by atomic mass is 9.67. The van der Waals surface area contributed by atoms with Crippen molar-refractivity contribution in [2.45, 2.75) is 32.6 Å². The van der Waals surface area contributed by atoms with Crippen LogP contribution in [0.15, 0.2) is 0 Å². The standard InChI is InChI=1S/C9H15N3S2/c1-2-9(4-3-5-9)6-10-7-11-12-8(13)14-7/h2-6H2,1H3,(H,10,11)(H,12,13). The van der Waals surface area contributed by atoms with Gasteiger partial charge < -0.3 is 5.32 Å². The molecule has 0 saturated heterocycles. The summed E-state index contributed by atoms with van der Waals surface area (Å²) in [6.07, 6.45) is 5.35. The van der Waals surface area contributed by atoms with Gasteiger partial charge in [0.25, 0.3) is 0 Å². The van der Waals surface area contributed by atoms with Crippen LogP contribution in [0, 0.1) is 9.37 Å². The lowest BCUT2D eigenvalue weighted by Gasteiger charge is -2.41. The summed E-state index contributed by atoms with van der Waals surface area (Å²) in [4.78, 5) is 0. The van der Waals surface area contributed by atoms with Crippen LogP contribution in [0.4, 0.5) is 5.13 Å². The van der Waals surface area contributed by atoms with Gasteiger partial charge >= 0.3 is 0 Å². The molecule has 0 aromatic carbocycles. The summed E-state index contributed by atoms with van der Waals surface area (Å²) in [5.41, 5.74) is 0.535. The molecule has 1 aliphatic rings. The van der Waals surface area contributed by atoms with Gasteiger partial charge in [0.15, 0.2) is 3.95 Å². The van der Waals surface area contributed by atoms with Crippen molar-refractivity contribution in [1.82, 2.24) is 10.2 Å². The summed E-state index contributed by atoms with van der Waals surface area (Å²) in [5, 5.41) is 11.2. The molecule has 2 N–H and O–H groups in total. The molecule has 1 heterocycles. The van der Waals surface area contributed by atoms with E-state index in [0.29, 0.717) is 5.41 Å². The number of anilines is 1. The number of rotatable bonds is 4. The normalized spacial score (nSPS) is 18.9. The quantitative estimate of drug-likeness (QED) is 0.779. The Morgan fingerprint density at radius 3 is 2.86 bits per heavy atom. The van der Waals surface area contributed by atoms with Crippen LogP contribution in [0.5, 0.6) is 0 Å². The number of aromatic nitrogens is 2. The van der Waals surface area contributed by atoms with Crippen LogP contribution in [0.1, 0.15) is 32.6 Å². The van der Waals surface area contributed by atoms with Crippen molar-refractivity contribution >= 4 is 28.7 Å². The van der Waals surface area contributed by atoms with E-state index in [1.54, 1.807) is 0 Å². The molecule has 1 aromatic heterocycles. The Balaban J connectivity index is 1.90. The molecule has 0 radical (unpaired) electrons. The van der Waals surface area contributed by atoms with E-state index in [1.807, 2.05) is 0 Å². The Kier molecular flexibility index (Phi) is 2.88. The van der Waals surface area contributed by atoms with Crippen molar-refractivity contribution in [3.63, 3.8) is 0 Å². The highest BCUT2D eigenvalue weighted by Crippen LogP contribution is 2.43. The predicted octanol–water partition coefficient (Wildman–Crippen LogP) is 3.19. The largest absolute Gasteiger partial charge is 0.360 e. The summed E-state index contributed by atoms with van der Waals surface area (Å²) < 4.78 is 0.742. The maximum atomic E-state index is 4.97. The minimum atomic E-state index is 0.535. The molecule has 0 atom stereocenters. The maximum Gasteiger partial charge on any atom is 0.204 e. The second kappa shape index (κ2) is 3.98. The van der Waals surface area contributed by atoms with Crippen molar-refractivity contribution < 1.29 is 0 Å². The second-order valence-electron chi connectivity index (χ2n) is 3.98. The van der Waals surface area contributed by atoms with Crippen molar-refractivity contribution in [2.24, 2.45) is 5.41 Å². The van der Waals surface area contributed by atoms with Gasteiger partial charge in [0.05, 0.1) is 0 Å². The molecule has 1 fully saturated rings. The molecule has 78 valence electrons. The molecule has 0 bridgehead atoms. The number of nitrogens with zero attached hydrogens (tertiary/aromatic N) is 1. The first-order valence-electron chi connectivity index (χ1n) is 5.03. The molecule has 5 heteroatoms. The minimum Gasteiger partial charge on any atom is -0.360 e. The number of nitrogens with one attached hydrogen (secondary N) is 2. The molecule has 1 aliphatic carbocycles. The topological polar surface area (TPSA) is 40.7 Å². The van der Waals surface area contributed by atoms with Crippen molar-refractivity contribution in [2.75, 3.05) is 11.9 Å². The average Bonchev–Trinajstić information content (AvgIpc) is 2.50. The summed E-state index contributed by atoms with van der Waals surface area (Å²) in [7, 11) is 0. The zero-order valence-electron chi connectivity index (χ0n) is 8.30. The van der Waals surface area contributed by atoms with Crippen LogP contribution < -0.4 is 5.32 Å². The molecule has 2 rings (SSSR count). The van der Waals surface area contributed by atoms with Gasteiger partial charge in [-0.3, -0.25) is 5.10 Å². The fourth-order valence-electron chi connectivity index (χ4n) is 1.90. The van der Waals surface area contributed by atoms with Crippen molar-refractivity contribution in [3.05, 3.63) is 3.95 Å². The van der Waals surface area contributed by atoms with E-state index in [2.05, 4.69) is 22.4 Å². The van der Waals surface area contributed by atoms with E-state index >= 15 is 0 Å². The smallest absolute Gasteiger partial charge is 0.204 e. The summed E-state index contributed by atoms with van der Waals surface area (Å²) in [6, 6.07) is 0. The lowest BCUT2D eigenvalue weighted by molar-refractivity contribution is 0.145. The van der Waals surface area contributed by atoms with Crippen LogP contribution in [-0.4, -0.2) is 16.7 Å². The van der Waals surface area contributed by atoms with E-state index in [-0.39, 0.29) is 0 Å². The Hall–Kier alpha value is -0.420. The van der Waals surface area contributed by atoms with Crippen LogP contribution in [0.25, 0.3) is 0 Å². The van der Waals surface area contributed by atoms with E-state index < -0.39 is 0 Å². The SMILES string of the molecule is CCC1(CNc2n[nH]c(=S)s2)CCC1. The van der Waals surface area contributed by atoms with Crippen LogP contribution in [-0.2, 0) is 0 Å². The number of hydrogen-bond acceptors (Lipinski definition) is 4. The molecule has 1 aromatic rings. The lowest BCUT2D eigenvalue weighted by Crippen LogP contribution is -2.35. The van der Waals surface area contributed by atoms with E-state index in [0.717, 1.165) is 15.6 Å². The van der Waals surface area contributed by atoms with Crippen molar-refractivity contribution in [1.29, 1.82) is 0 Å². The molecule has 0 aliphatic heterocycles. The van der Waals surface area contributed by atoms with E-state index in [4.69, 9.17) is 12.2 Å². The Morgan fingerprint density at radius 2 is 2.43 bits per heavy atom. The number of H-pyrrole nitrogens is 1. The molecular weight excluding hydrogens is 214 g/mol. The van der Waals surface area contributed by atoms with Gasteiger partial charge in [-0.25, -0.2) is 0 Å². The Bertz CT molecular complexity index is 345. The molecule has 3 nitrogen and oxygen atoms in total. The second-order valence-corrected chi connectivity index (χ2v) is 5.64. The first kappa shape index (κ1) is 10.1. The van der Waals surface area contributed by atoms with Crippen LogP contribution in [0.3, 0.4) is 0 Å². The maximum absolute atomic E-state index is 4.97. The molecule has 0 spiro atoms. The summed E-state index contributed by atoms with van der Waals surface area (Å²) >= 11 is 6.48. The highest BCUT2D eigenvalue weighted by Gasteiger charge is 2.34. The van der Waals surface area contributed by atoms with Crippen molar-refractivity contribution in [3.8, 4) is 0 Å². The van der Waals surface area contributed by atoms with Gasteiger partial charge in [0.1, 0.15) is 0 Å². The van der Waals surface area contributed by atoms with Gasteiger partial charge in [-0.1, -0.05) is 24.7 Å². The fourth-order valence-corrected chi connectivity index (χ4v) is 2.69. The molecule has 1 saturated carbocycles. The number of aromatic amines is 1. The predicted molar refractivity (Wildman–Crippen MR) is 62.4 cm³/mol. The third kappa shape index (κ3) is 1.98. The van der Waals surface area contributed by atoms with E-state index in [1.165, 1.54) is 37.0 Å². The van der Waals surface area contributed by atoms with E-state index in [9.17, 15) is 0 Å². The van der Waals surface area contributed by atoms with Gasteiger partial charge in [0, 0.05) is 6.54 Å². The monoisotopic (exact) mass is 229 g/mol. The Morgan fingerprint density at radius 1 is 1.64 bits per heavy atom. The highest BCUT2D eigenvalue weighted by atomic mass is 32.1. The zero-order valence-corrected chi connectivity index (χ0v) is 9.93. The highest BCUT2D eigenvalue weighted by molar-refractivity contribution is 7.73. The number of hydrogen-bond donors (Lipinski definition) is 2. The third-order valence-electron chi connectivity index (χ3n) is 3.22. The van der Waals surface area contributed by atoms with Gasteiger partial charge in [0.2, 0.25) is 5.13 Å². The first-order chi connectivity index (χ1) is 6.74. The fraction of sp³-hybridized carbons (Fsp3) is 0.778. The minimum absolute atomic E-state index is 0.535. The van der Waals surface area contributed by atoms with Gasteiger partial charge in [-0.2, -0.15) is 0 Å². The summed E-state index contributed by atoms with van der Waals surface area (Å²) in [5.74, 6) is 0. The molecular formula is C9H15N3S2. The molecule has 0 unspecified atom stereocenters. The Labute approximate surface area is 92.9 Å². The molecule has 14 heavy (non-hydrogen) atoms. The third-order valence-corrected chi connectivity index (χ3v) is 4.26. The first-order valence-corrected chi connectivity index (χ1v) is 6.26. The summed E-state index contributed by atoms with van der Waals surface area (Å²) in [6.45, 7) is 3.31. The average molecular weight is 229 g/mol.